The molecular weight excluding hydrogens is 334 g/mol. The van der Waals surface area contributed by atoms with Gasteiger partial charge in [-0.25, -0.2) is 4.68 Å². The van der Waals surface area contributed by atoms with Gasteiger partial charge in [-0.3, -0.25) is 14.6 Å². The van der Waals surface area contributed by atoms with Crippen molar-refractivity contribution in [1.29, 1.82) is 0 Å². The van der Waals surface area contributed by atoms with Crippen LogP contribution in [-0.4, -0.2) is 54.4 Å². The SMILES string of the molecule is Cc1c(C(=O)N(CC(=O)O)C2CC2)nnn1-c1ccc2ncccc2c1. The molecule has 8 heteroatoms. The Morgan fingerprint density at radius 2 is 2.12 bits per heavy atom. The maximum Gasteiger partial charge on any atom is 0.323 e. The Labute approximate surface area is 149 Å². The van der Waals surface area contributed by atoms with E-state index in [1.54, 1.807) is 17.8 Å². The summed E-state index contributed by atoms with van der Waals surface area (Å²) in [7, 11) is 0. The van der Waals surface area contributed by atoms with Gasteiger partial charge in [0.05, 0.1) is 16.9 Å². The smallest absolute Gasteiger partial charge is 0.323 e. The average molecular weight is 351 g/mol. The Balaban J connectivity index is 1.68. The Morgan fingerprint density at radius 1 is 1.31 bits per heavy atom. The Kier molecular flexibility index (Phi) is 3.87. The first-order valence-corrected chi connectivity index (χ1v) is 8.35. The molecule has 3 aromatic rings. The lowest BCUT2D eigenvalue weighted by Crippen LogP contribution is -2.38. The van der Waals surface area contributed by atoms with Gasteiger partial charge in [0.25, 0.3) is 5.91 Å². The number of hydrogen-bond acceptors (Lipinski definition) is 5. The summed E-state index contributed by atoms with van der Waals surface area (Å²) in [5.74, 6) is -1.42. The summed E-state index contributed by atoms with van der Waals surface area (Å²) in [5.41, 5.74) is 2.40. The molecule has 1 fully saturated rings. The highest BCUT2D eigenvalue weighted by molar-refractivity contribution is 5.95. The molecular formula is C18H17N5O3. The van der Waals surface area contributed by atoms with Crippen LogP contribution < -0.4 is 0 Å². The monoisotopic (exact) mass is 351 g/mol. The standard InChI is InChI=1S/C18H17N5O3/c1-11-17(18(26)22(10-16(24)25)13-4-5-13)20-21-23(11)14-6-7-15-12(9-14)3-2-8-19-15/h2-3,6-9,13H,4-5,10H2,1H3,(H,24,25). The molecule has 0 bridgehead atoms. The minimum atomic E-state index is -1.03. The first kappa shape index (κ1) is 16.2. The number of nitrogens with zero attached hydrogens (tertiary/aromatic N) is 5. The number of carboxylic acid groups (broad SMARTS) is 1. The molecule has 1 aromatic carbocycles. The van der Waals surface area contributed by atoms with Crippen LogP contribution in [0.15, 0.2) is 36.5 Å². The van der Waals surface area contributed by atoms with Crippen LogP contribution in [-0.2, 0) is 4.79 Å². The van der Waals surface area contributed by atoms with Gasteiger partial charge in [0.15, 0.2) is 5.69 Å². The maximum atomic E-state index is 12.8. The van der Waals surface area contributed by atoms with Gasteiger partial charge in [-0.2, -0.15) is 0 Å². The lowest BCUT2D eigenvalue weighted by molar-refractivity contribution is -0.137. The van der Waals surface area contributed by atoms with Crippen LogP contribution >= 0.6 is 0 Å². The van der Waals surface area contributed by atoms with Gasteiger partial charge in [0, 0.05) is 17.6 Å². The van der Waals surface area contributed by atoms with Crippen molar-refractivity contribution in [3.05, 3.63) is 47.9 Å². The van der Waals surface area contributed by atoms with Crippen molar-refractivity contribution < 1.29 is 14.7 Å². The lowest BCUT2D eigenvalue weighted by atomic mass is 10.2. The van der Waals surface area contributed by atoms with Crippen LogP contribution in [0.5, 0.6) is 0 Å². The van der Waals surface area contributed by atoms with Gasteiger partial charge in [-0.1, -0.05) is 11.3 Å². The fraction of sp³-hybridized carbons (Fsp3) is 0.278. The minimum Gasteiger partial charge on any atom is -0.480 e. The molecule has 1 aliphatic rings. The quantitative estimate of drug-likeness (QED) is 0.752. The van der Waals surface area contributed by atoms with E-state index in [9.17, 15) is 9.59 Å². The molecule has 8 nitrogen and oxygen atoms in total. The summed E-state index contributed by atoms with van der Waals surface area (Å²) in [4.78, 5) is 29.5. The van der Waals surface area contributed by atoms with Crippen LogP contribution in [0.1, 0.15) is 29.0 Å². The number of rotatable bonds is 5. The number of carbonyl (C=O) groups is 2. The summed E-state index contributed by atoms with van der Waals surface area (Å²) >= 11 is 0. The van der Waals surface area contributed by atoms with E-state index in [0.29, 0.717) is 5.69 Å². The summed E-state index contributed by atoms with van der Waals surface area (Å²) in [5, 5.41) is 18.2. The van der Waals surface area contributed by atoms with Gasteiger partial charge in [0.2, 0.25) is 0 Å². The summed E-state index contributed by atoms with van der Waals surface area (Å²) in [6.45, 7) is 1.43. The van der Waals surface area contributed by atoms with E-state index in [1.807, 2.05) is 30.3 Å². The number of aromatic nitrogens is 4. The van der Waals surface area contributed by atoms with E-state index in [4.69, 9.17) is 5.11 Å². The largest absolute Gasteiger partial charge is 0.480 e. The second kappa shape index (κ2) is 6.21. The zero-order valence-corrected chi connectivity index (χ0v) is 14.2. The second-order valence-corrected chi connectivity index (χ2v) is 6.37. The fourth-order valence-corrected chi connectivity index (χ4v) is 3.00. The van der Waals surface area contributed by atoms with Gasteiger partial charge in [0.1, 0.15) is 6.54 Å². The predicted octanol–water partition coefficient (Wildman–Crippen LogP) is 1.81. The summed E-state index contributed by atoms with van der Waals surface area (Å²) in [6, 6.07) is 9.46. The highest BCUT2D eigenvalue weighted by Gasteiger charge is 2.36. The van der Waals surface area contributed by atoms with E-state index in [0.717, 1.165) is 29.4 Å². The number of aliphatic carboxylic acids is 1. The number of pyridine rings is 1. The molecule has 0 saturated heterocycles. The molecule has 2 aromatic heterocycles. The molecule has 1 aliphatic carbocycles. The van der Waals surface area contributed by atoms with Gasteiger partial charge in [-0.15, -0.1) is 5.10 Å². The zero-order chi connectivity index (χ0) is 18.3. The maximum absolute atomic E-state index is 12.8. The Morgan fingerprint density at radius 3 is 2.85 bits per heavy atom. The lowest BCUT2D eigenvalue weighted by Gasteiger charge is -2.19. The van der Waals surface area contributed by atoms with Gasteiger partial charge < -0.3 is 10.0 Å². The zero-order valence-electron chi connectivity index (χ0n) is 14.2. The third-order valence-electron chi connectivity index (χ3n) is 4.48. The summed E-state index contributed by atoms with van der Waals surface area (Å²) < 4.78 is 1.59. The molecule has 26 heavy (non-hydrogen) atoms. The van der Waals surface area contributed by atoms with Crippen molar-refractivity contribution in [2.24, 2.45) is 0 Å². The van der Waals surface area contributed by atoms with Crippen LogP contribution in [0.25, 0.3) is 16.6 Å². The number of carboxylic acids is 1. The van der Waals surface area contributed by atoms with Crippen LogP contribution in [0.4, 0.5) is 0 Å². The third kappa shape index (κ3) is 2.90. The van der Waals surface area contributed by atoms with Crippen molar-refractivity contribution in [1.82, 2.24) is 24.9 Å². The summed E-state index contributed by atoms with van der Waals surface area (Å²) in [6.07, 6.45) is 3.38. The van der Waals surface area contributed by atoms with Crippen LogP contribution in [0.2, 0.25) is 0 Å². The Bertz CT molecular complexity index is 1010. The number of carbonyl (C=O) groups excluding carboxylic acids is 1. The number of fused-ring (bicyclic) bond motifs is 1. The molecule has 4 rings (SSSR count). The number of amides is 1. The first-order valence-electron chi connectivity index (χ1n) is 8.35. The van der Waals surface area contributed by atoms with Crippen molar-refractivity contribution in [2.75, 3.05) is 6.54 Å². The molecule has 0 atom stereocenters. The molecule has 2 heterocycles. The van der Waals surface area contributed by atoms with Crippen molar-refractivity contribution in [3.8, 4) is 5.69 Å². The molecule has 0 unspecified atom stereocenters. The van der Waals surface area contributed by atoms with Gasteiger partial charge >= 0.3 is 5.97 Å². The van der Waals surface area contributed by atoms with Crippen molar-refractivity contribution >= 4 is 22.8 Å². The molecule has 132 valence electrons. The average Bonchev–Trinajstić information content (AvgIpc) is 3.40. The molecule has 0 radical (unpaired) electrons. The molecule has 0 aliphatic heterocycles. The van der Waals surface area contributed by atoms with Crippen LogP contribution in [0, 0.1) is 6.92 Å². The van der Waals surface area contributed by atoms with Crippen molar-refractivity contribution in [3.63, 3.8) is 0 Å². The molecule has 1 saturated carbocycles. The molecule has 1 N–H and O–H groups in total. The Hall–Kier alpha value is -3.29. The van der Waals surface area contributed by atoms with E-state index in [2.05, 4.69) is 15.3 Å². The molecule has 0 spiro atoms. The topological polar surface area (TPSA) is 101 Å². The van der Waals surface area contributed by atoms with E-state index in [-0.39, 0.29) is 24.2 Å². The van der Waals surface area contributed by atoms with E-state index < -0.39 is 5.97 Å². The van der Waals surface area contributed by atoms with E-state index >= 15 is 0 Å². The fourth-order valence-electron chi connectivity index (χ4n) is 3.00. The molecule has 1 amide bonds. The third-order valence-corrected chi connectivity index (χ3v) is 4.48. The van der Waals surface area contributed by atoms with Crippen LogP contribution in [0.3, 0.4) is 0 Å². The highest BCUT2D eigenvalue weighted by atomic mass is 16.4. The number of hydrogen-bond donors (Lipinski definition) is 1. The number of benzene rings is 1. The second-order valence-electron chi connectivity index (χ2n) is 6.37. The van der Waals surface area contributed by atoms with E-state index in [1.165, 1.54) is 4.90 Å². The highest BCUT2D eigenvalue weighted by Crippen LogP contribution is 2.28. The first-order chi connectivity index (χ1) is 12.5. The predicted molar refractivity (Wildman–Crippen MR) is 93.1 cm³/mol. The van der Waals surface area contributed by atoms with Crippen molar-refractivity contribution in [2.45, 2.75) is 25.8 Å². The normalized spacial score (nSPS) is 13.7. The van der Waals surface area contributed by atoms with Gasteiger partial charge in [-0.05, 0) is 44.0 Å². The minimum absolute atomic E-state index is 0.0186.